The van der Waals surface area contributed by atoms with Gasteiger partial charge in [-0.2, -0.15) is 0 Å². The molecular formula is C28H41ClN4O4. The number of carbonyl (C=O) groups is 3. The zero-order chi connectivity index (χ0) is 26.1. The van der Waals surface area contributed by atoms with Gasteiger partial charge in [0, 0.05) is 32.5 Å². The Morgan fingerprint density at radius 3 is 2.43 bits per heavy atom. The molecule has 9 heteroatoms. The molecule has 3 atom stereocenters. The Morgan fingerprint density at radius 1 is 1.14 bits per heavy atom. The predicted octanol–water partition coefficient (Wildman–Crippen LogP) is 2.81. The summed E-state index contributed by atoms with van der Waals surface area (Å²) in [5.74, 6) is -1.34. The van der Waals surface area contributed by atoms with E-state index in [0.29, 0.717) is 19.3 Å². The van der Waals surface area contributed by atoms with Gasteiger partial charge in [-0.05, 0) is 48.6 Å². The molecule has 0 radical (unpaired) electrons. The van der Waals surface area contributed by atoms with Crippen LogP contribution in [0.1, 0.15) is 45.1 Å². The van der Waals surface area contributed by atoms with E-state index in [0.717, 1.165) is 29.3 Å². The average Bonchev–Trinajstić information content (AvgIpc) is 3.44. The number of ether oxygens (including phenoxy) is 1. The Labute approximate surface area is 226 Å². The van der Waals surface area contributed by atoms with Crippen LogP contribution in [-0.2, 0) is 25.5 Å². The van der Waals surface area contributed by atoms with E-state index in [-0.39, 0.29) is 61.7 Å². The minimum Gasteiger partial charge on any atom is -0.378 e. The largest absolute Gasteiger partial charge is 0.378 e. The smallest absolute Gasteiger partial charge is 0.247 e. The van der Waals surface area contributed by atoms with E-state index >= 15 is 0 Å². The highest BCUT2D eigenvalue weighted by molar-refractivity contribution is 6.03. The zero-order valence-electron chi connectivity index (χ0n) is 22.1. The zero-order valence-corrected chi connectivity index (χ0v) is 22.9. The number of amides is 3. The Morgan fingerprint density at radius 2 is 1.84 bits per heavy atom. The van der Waals surface area contributed by atoms with Crippen molar-refractivity contribution in [2.75, 3.05) is 26.7 Å². The number of imide groups is 1. The van der Waals surface area contributed by atoms with Gasteiger partial charge in [-0.25, -0.2) is 0 Å². The normalized spacial score (nSPS) is 16.7. The molecule has 0 saturated carbocycles. The maximum Gasteiger partial charge on any atom is 0.247 e. The lowest BCUT2D eigenvalue weighted by Gasteiger charge is -2.34. The first-order chi connectivity index (χ1) is 17.4. The van der Waals surface area contributed by atoms with Crippen molar-refractivity contribution in [1.29, 1.82) is 0 Å². The summed E-state index contributed by atoms with van der Waals surface area (Å²) in [6.07, 6.45) is 2.57. The second kappa shape index (κ2) is 15.0. The number of carbonyl (C=O) groups excluding carboxylic acids is 3. The van der Waals surface area contributed by atoms with Gasteiger partial charge in [0.25, 0.3) is 0 Å². The van der Waals surface area contributed by atoms with Crippen molar-refractivity contribution < 1.29 is 19.1 Å². The number of methoxy groups -OCH3 is 1. The van der Waals surface area contributed by atoms with Crippen LogP contribution in [0.25, 0.3) is 10.8 Å². The van der Waals surface area contributed by atoms with Crippen molar-refractivity contribution >= 4 is 40.9 Å². The first kappa shape index (κ1) is 30.7. The average molecular weight is 533 g/mol. The van der Waals surface area contributed by atoms with Crippen LogP contribution in [0.4, 0.5) is 0 Å². The van der Waals surface area contributed by atoms with E-state index in [1.165, 1.54) is 12.0 Å². The van der Waals surface area contributed by atoms with E-state index < -0.39 is 12.1 Å². The van der Waals surface area contributed by atoms with Crippen LogP contribution in [0.5, 0.6) is 0 Å². The summed E-state index contributed by atoms with van der Waals surface area (Å²) < 4.78 is 5.31. The topological polar surface area (TPSA) is 114 Å². The third-order valence-corrected chi connectivity index (χ3v) is 7.13. The minimum absolute atomic E-state index is 0. The van der Waals surface area contributed by atoms with Crippen LogP contribution in [-0.4, -0.2) is 67.6 Å². The fourth-order valence-corrected chi connectivity index (χ4v) is 4.80. The van der Waals surface area contributed by atoms with Crippen LogP contribution < -0.4 is 16.4 Å². The van der Waals surface area contributed by atoms with Crippen molar-refractivity contribution in [2.24, 2.45) is 11.7 Å². The summed E-state index contributed by atoms with van der Waals surface area (Å²) >= 11 is 0. The molecule has 37 heavy (non-hydrogen) atoms. The number of halogens is 1. The van der Waals surface area contributed by atoms with Gasteiger partial charge in [-0.1, -0.05) is 56.3 Å². The molecule has 4 N–H and O–H groups in total. The van der Waals surface area contributed by atoms with Crippen LogP contribution in [0.2, 0.25) is 0 Å². The van der Waals surface area contributed by atoms with Crippen LogP contribution in [0.15, 0.2) is 42.5 Å². The lowest BCUT2D eigenvalue weighted by Crippen LogP contribution is -2.59. The molecule has 0 bridgehead atoms. The summed E-state index contributed by atoms with van der Waals surface area (Å²) in [5, 5.41) is 8.22. The third-order valence-electron chi connectivity index (χ3n) is 7.13. The minimum atomic E-state index is -0.982. The molecule has 8 nitrogen and oxygen atoms in total. The Kier molecular flexibility index (Phi) is 12.5. The lowest BCUT2D eigenvalue weighted by atomic mass is 9.96. The summed E-state index contributed by atoms with van der Waals surface area (Å²) in [6.45, 7) is 5.03. The number of nitrogens with two attached hydrogens (primary N) is 1. The predicted molar refractivity (Wildman–Crippen MR) is 148 cm³/mol. The molecule has 1 aliphatic heterocycles. The molecule has 204 valence electrons. The van der Waals surface area contributed by atoms with Gasteiger partial charge in [0.05, 0.1) is 12.1 Å². The molecule has 3 amide bonds. The third kappa shape index (κ3) is 7.74. The van der Waals surface area contributed by atoms with Gasteiger partial charge >= 0.3 is 0 Å². The summed E-state index contributed by atoms with van der Waals surface area (Å²) in [7, 11) is 1.54. The molecule has 1 heterocycles. The number of nitrogens with zero attached hydrogens (tertiary/aromatic N) is 1. The standard InChI is InChI=1S/C28H40N4O4.ClH/c1-4-20(5-2)27(34)32(28(35)24-11-8-14-30-24)25(26(33)31-18-23(17-29)36-3)16-19-12-13-21-9-6-7-10-22(21)15-19;/h6-7,9-10,12-13,15,20,23-25,30H,4-5,8,11,14,16-18,29H2,1-3H3,(H,31,33);1H/t23?,24-,25+;/m0./s1. The second-order valence-corrected chi connectivity index (χ2v) is 9.45. The summed E-state index contributed by atoms with van der Waals surface area (Å²) in [5.41, 5.74) is 6.61. The quantitative estimate of drug-likeness (QED) is 0.387. The maximum atomic E-state index is 13.8. The van der Waals surface area contributed by atoms with Crippen LogP contribution in [0, 0.1) is 5.92 Å². The molecule has 1 saturated heterocycles. The van der Waals surface area contributed by atoms with Crippen LogP contribution >= 0.6 is 12.4 Å². The molecule has 1 unspecified atom stereocenters. The summed E-state index contributed by atoms with van der Waals surface area (Å²) in [6, 6.07) is 12.5. The van der Waals surface area contributed by atoms with Gasteiger partial charge in [-0.3, -0.25) is 19.3 Å². The van der Waals surface area contributed by atoms with E-state index in [1.54, 1.807) is 0 Å². The molecule has 0 spiro atoms. The molecular weight excluding hydrogens is 492 g/mol. The SMILES string of the molecule is CCC(CC)C(=O)N(C(=O)[C@@H]1CCCN1)[C@H](Cc1ccc2ccccc2c1)C(=O)NCC(CN)OC.Cl. The molecule has 2 aromatic rings. The number of rotatable bonds is 12. The van der Waals surface area contributed by atoms with Crippen molar-refractivity contribution in [1.82, 2.24) is 15.5 Å². The molecule has 1 aliphatic rings. The highest BCUT2D eigenvalue weighted by Gasteiger charge is 2.40. The Hall–Kier alpha value is -2.52. The van der Waals surface area contributed by atoms with Crippen molar-refractivity contribution in [3.8, 4) is 0 Å². The first-order valence-corrected chi connectivity index (χ1v) is 13.0. The van der Waals surface area contributed by atoms with E-state index in [1.807, 2.05) is 56.3 Å². The molecule has 1 fully saturated rings. The Balaban J connectivity index is 0.00000481. The lowest BCUT2D eigenvalue weighted by molar-refractivity contribution is -0.155. The fourth-order valence-electron chi connectivity index (χ4n) is 4.80. The monoisotopic (exact) mass is 532 g/mol. The van der Waals surface area contributed by atoms with E-state index in [9.17, 15) is 14.4 Å². The number of nitrogens with one attached hydrogen (secondary N) is 2. The van der Waals surface area contributed by atoms with Crippen LogP contribution in [0.3, 0.4) is 0 Å². The number of fused-ring (bicyclic) bond motifs is 1. The van der Waals surface area contributed by atoms with E-state index in [4.69, 9.17) is 10.5 Å². The van der Waals surface area contributed by atoms with Crippen molar-refractivity contribution in [3.05, 3.63) is 48.0 Å². The van der Waals surface area contributed by atoms with Gasteiger partial charge in [0.15, 0.2) is 0 Å². The molecule has 2 aromatic carbocycles. The molecule has 0 aliphatic carbocycles. The molecule has 0 aromatic heterocycles. The van der Waals surface area contributed by atoms with Gasteiger partial charge in [0.1, 0.15) is 6.04 Å². The first-order valence-electron chi connectivity index (χ1n) is 13.0. The van der Waals surface area contributed by atoms with Gasteiger partial charge < -0.3 is 21.1 Å². The Bertz CT molecular complexity index is 1020. The fraction of sp³-hybridized carbons (Fsp3) is 0.536. The highest BCUT2D eigenvalue weighted by atomic mass is 35.5. The number of hydrogen-bond donors (Lipinski definition) is 3. The number of hydrogen-bond acceptors (Lipinski definition) is 6. The number of benzene rings is 2. The van der Waals surface area contributed by atoms with Gasteiger partial charge in [-0.15, -0.1) is 12.4 Å². The van der Waals surface area contributed by atoms with Gasteiger partial charge in [0.2, 0.25) is 17.7 Å². The highest BCUT2D eigenvalue weighted by Crippen LogP contribution is 2.23. The summed E-state index contributed by atoms with van der Waals surface area (Å²) in [4.78, 5) is 42.4. The van der Waals surface area contributed by atoms with Crippen molar-refractivity contribution in [2.45, 2.75) is 64.1 Å². The van der Waals surface area contributed by atoms with Crippen molar-refractivity contribution in [3.63, 3.8) is 0 Å². The maximum absolute atomic E-state index is 13.8. The second-order valence-electron chi connectivity index (χ2n) is 9.45. The molecule has 3 rings (SSSR count). The van der Waals surface area contributed by atoms with E-state index in [2.05, 4.69) is 10.6 Å².